The van der Waals surface area contributed by atoms with Crippen LogP contribution in [0.2, 0.25) is 0 Å². The molecule has 0 bridgehead atoms. The van der Waals surface area contributed by atoms with E-state index < -0.39 is 0 Å². The van der Waals surface area contributed by atoms with Gasteiger partial charge in [-0.15, -0.1) is 0 Å². The molecule has 3 nitrogen and oxygen atoms in total. The number of hydrogen-bond donors (Lipinski definition) is 1. The summed E-state index contributed by atoms with van der Waals surface area (Å²) in [4.78, 5) is 4.47. The molecule has 0 amide bonds. The van der Waals surface area contributed by atoms with Crippen LogP contribution in [0.25, 0.3) is 0 Å². The predicted octanol–water partition coefficient (Wildman–Crippen LogP) is 3.75. The van der Waals surface area contributed by atoms with Crippen molar-refractivity contribution < 1.29 is 0 Å². The fourth-order valence-corrected chi connectivity index (χ4v) is 2.80. The minimum Gasteiger partial charge on any atom is -0.383 e. The number of nitrogen functional groups attached to an aromatic ring is 1. The largest absolute Gasteiger partial charge is 0.383 e. The number of nitrogens with zero attached hydrogens (tertiary/aromatic N) is 2. The molecule has 102 valence electrons. The number of hydrogen-bond acceptors (Lipinski definition) is 3. The first kappa shape index (κ1) is 13.9. The Bertz CT molecular complexity index is 460. The number of rotatable bonds is 0. The van der Waals surface area contributed by atoms with Crippen molar-refractivity contribution in [1.29, 1.82) is 5.26 Å². The van der Waals surface area contributed by atoms with Gasteiger partial charge in [-0.25, -0.2) is 4.98 Å². The molecule has 0 unspecified atom stereocenters. The minimum absolute atomic E-state index is 0.397. The highest BCUT2D eigenvalue weighted by molar-refractivity contribution is 5.51. The Hall–Kier alpha value is -1.56. The highest BCUT2D eigenvalue weighted by atomic mass is 14.8. The monoisotopic (exact) mass is 257 g/mol. The van der Waals surface area contributed by atoms with Gasteiger partial charge in [-0.05, 0) is 37.3 Å². The Morgan fingerprint density at radius 3 is 2.16 bits per heavy atom. The Morgan fingerprint density at radius 1 is 0.947 bits per heavy atom. The zero-order valence-electron chi connectivity index (χ0n) is 11.6. The second-order valence-corrected chi connectivity index (χ2v) is 5.47. The molecule has 2 N–H and O–H groups in total. The molecule has 0 aromatic carbocycles. The van der Waals surface area contributed by atoms with E-state index in [0.29, 0.717) is 11.4 Å². The van der Waals surface area contributed by atoms with Gasteiger partial charge in [0.2, 0.25) is 0 Å². The molecule has 0 saturated carbocycles. The van der Waals surface area contributed by atoms with E-state index in [1.54, 1.807) is 0 Å². The topological polar surface area (TPSA) is 62.7 Å². The van der Waals surface area contributed by atoms with Crippen LogP contribution in [0.3, 0.4) is 0 Å². The van der Waals surface area contributed by atoms with E-state index in [9.17, 15) is 0 Å². The van der Waals surface area contributed by atoms with Crippen LogP contribution in [-0.2, 0) is 12.8 Å². The van der Waals surface area contributed by atoms with Gasteiger partial charge >= 0.3 is 0 Å². The van der Waals surface area contributed by atoms with Crippen LogP contribution in [0.15, 0.2) is 6.07 Å². The van der Waals surface area contributed by atoms with E-state index in [1.165, 1.54) is 56.9 Å². The molecule has 0 radical (unpaired) electrons. The second kappa shape index (κ2) is 7.13. The van der Waals surface area contributed by atoms with Gasteiger partial charge in [-0.2, -0.15) is 5.26 Å². The first-order valence-corrected chi connectivity index (χ1v) is 7.49. The third-order valence-corrected chi connectivity index (χ3v) is 3.95. The molecule has 0 spiro atoms. The lowest BCUT2D eigenvalue weighted by Crippen LogP contribution is -2.05. The van der Waals surface area contributed by atoms with Crippen molar-refractivity contribution in [1.82, 2.24) is 4.98 Å². The molecule has 2 rings (SSSR count). The van der Waals surface area contributed by atoms with Crippen molar-refractivity contribution in [2.45, 2.75) is 64.2 Å². The minimum atomic E-state index is 0.397. The van der Waals surface area contributed by atoms with Gasteiger partial charge in [0, 0.05) is 5.69 Å². The second-order valence-electron chi connectivity index (χ2n) is 5.47. The van der Waals surface area contributed by atoms with Crippen molar-refractivity contribution >= 4 is 5.82 Å². The first-order chi connectivity index (χ1) is 9.31. The van der Waals surface area contributed by atoms with Crippen LogP contribution >= 0.6 is 0 Å². The van der Waals surface area contributed by atoms with Gasteiger partial charge in [-0.1, -0.05) is 38.5 Å². The van der Waals surface area contributed by atoms with E-state index in [-0.39, 0.29) is 0 Å². The van der Waals surface area contributed by atoms with Crippen molar-refractivity contribution in [3.63, 3.8) is 0 Å². The lowest BCUT2D eigenvalue weighted by Gasteiger charge is -2.12. The fraction of sp³-hybridized carbons (Fsp3) is 0.625. The maximum atomic E-state index is 9.06. The summed E-state index contributed by atoms with van der Waals surface area (Å²) in [6.45, 7) is 0. The summed E-state index contributed by atoms with van der Waals surface area (Å²) in [5, 5.41) is 9.06. The molecule has 1 aromatic heterocycles. The van der Waals surface area contributed by atoms with Crippen LogP contribution in [0.1, 0.15) is 68.2 Å². The molecule has 0 fully saturated rings. The van der Waals surface area contributed by atoms with E-state index in [1.807, 2.05) is 6.07 Å². The van der Waals surface area contributed by atoms with E-state index in [4.69, 9.17) is 11.0 Å². The average molecular weight is 257 g/mol. The van der Waals surface area contributed by atoms with Gasteiger partial charge in [0.05, 0.1) is 5.56 Å². The zero-order valence-corrected chi connectivity index (χ0v) is 11.6. The highest BCUT2D eigenvalue weighted by Gasteiger charge is 2.10. The standard InChI is InChI=1S/C16H23N3/c17-12-14-11-13-9-7-5-3-1-2-4-6-8-10-15(13)19-16(14)18/h11H,1-10H2,(H2,18,19). The molecule has 0 aliphatic heterocycles. The summed E-state index contributed by atoms with van der Waals surface area (Å²) >= 11 is 0. The first-order valence-electron chi connectivity index (χ1n) is 7.49. The molecule has 1 heterocycles. The highest BCUT2D eigenvalue weighted by Crippen LogP contribution is 2.21. The molecule has 0 atom stereocenters. The summed E-state index contributed by atoms with van der Waals surface area (Å²) in [7, 11) is 0. The Kier molecular flexibility index (Phi) is 5.20. The average Bonchev–Trinajstić information content (AvgIpc) is 2.40. The molecule has 1 aromatic rings. The van der Waals surface area contributed by atoms with Crippen LogP contribution in [0.5, 0.6) is 0 Å². The number of aryl methyl sites for hydroxylation is 2. The SMILES string of the molecule is N#Cc1cc2c(nc1N)CCCCCCCCCC2. The third kappa shape index (κ3) is 3.96. The number of nitriles is 1. The van der Waals surface area contributed by atoms with Crippen molar-refractivity contribution in [2.75, 3.05) is 5.73 Å². The maximum absolute atomic E-state index is 9.06. The molecular formula is C16H23N3. The van der Waals surface area contributed by atoms with Crippen LogP contribution in [-0.4, -0.2) is 4.98 Å². The Balaban J connectivity index is 2.18. The van der Waals surface area contributed by atoms with Crippen LogP contribution in [0, 0.1) is 11.3 Å². The fourth-order valence-electron chi connectivity index (χ4n) is 2.80. The normalized spacial score (nSPS) is 17.6. The summed E-state index contributed by atoms with van der Waals surface area (Å²) in [5.41, 5.74) is 8.73. The van der Waals surface area contributed by atoms with Crippen molar-refractivity contribution in [2.24, 2.45) is 0 Å². The van der Waals surface area contributed by atoms with Gasteiger partial charge in [0.15, 0.2) is 0 Å². The molecule has 0 saturated heterocycles. The smallest absolute Gasteiger partial charge is 0.141 e. The lowest BCUT2D eigenvalue weighted by molar-refractivity contribution is 0.557. The summed E-state index contributed by atoms with van der Waals surface area (Å²) < 4.78 is 0. The summed E-state index contributed by atoms with van der Waals surface area (Å²) in [6.07, 6.45) is 12.4. The number of aromatic nitrogens is 1. The molecular weight excluding hydrogens is 234 g/mol. The van der Waals surface area contributed by atoms with Crippen LogP contribution in [0.4, 0.5) is 5.82 Å². The van der Waals surface area contributed by atoms with Crippen LogP contribution < -0.4 is 5.73 Å². The number of pyridine rings is 1. The third-order valence-electron chi connectivity index (χ3n) is 3.95. The van der Waals surface area contributed by atoms with Gasteiger partial charge in [0.25, 0.3) is 0 Å². The molecule has 1 aliphatic rings. The molecule has 19 heavy (non-hydrogen) atoms. The zero-order chi connectivity index (χ0) is 13.5. The molecule has 3 heteroatoms. The van der Waals surface area contributed by atoms with Crippen molar-refractivity contribution in [3.8, 4) is 6.07 Å². The Morgan fingerprint density at radius 2 is 1.53 bits per heavy atom. The van der Waals surface area contributed by atoms with Gasteiger partial charge in [0.1, 0.15) is 11.9 Å². The van der Waals surface area contributed by atoms with E-state index in [2.05, 4.69) is 11.1 Å². The van der Waals surface area contributed by atoms with E-state index in [0.717, 1.165) is 18.5 Å². The predicted molar refractivity (Wildman–Crippen MR) is 77.7 cm³/mol. The lowest BCUT2D eigenvalue weighted by atomic mass is 9.97. The summed E-state index contributed by atoms with van der Waals surface area (Å²) in [6, 6.07) is 4.11. The number of anilines is 1. The number of fused-ring (bicyclic) bond motifs is 1. The maximum Gasteiger partial charge on any atom is 0.141 e. The molecule has 1 aliphatic carbocycles. The van der Waals surface area contributed by atoms with E-state index >= 15 is 0 Å². The summed E-state index contributed by atoms with van der Waals surface area (Å²) in [5.74, 6) is 0.397. The van der Waals surface area contributed by atoms with Gasteiger partial charge < -0.3 is 5.73 Å². The number of nitrogens with two attached hydrogens (primary N) is 1. The van der Waals surface area contributed by atoms with Gasteiger partial charge in [-0.3, -0.25) is 0 Å². The Labute approximate surface area is 115 Å². The van der Waals surface area contributed by atoms with Crippen molar-refractivity contribution in [3.05, 3.63) is 22.9 Å². The quantitative estimate of drug-likeness (QED) is 0.769.